The average Bonchev–Trinajstić information content (AvgIpc) is 2.85. The smallest absolute Gasteiger partial charge is 0.215 e. The van der Waals surface area contributed by atoms with E-state index in [0.717, 1.165) is 18.3 Å². The molecule has 1 aromatic heterocycles. The number of nitrogens with one attached hydrogen (secondary N) is 1. The van der Waals surface area contributed by atoms with Gasteiger partial charge in [0, 0.05) is 12.6 Å². The summed E-state index contributed by atoms with van der Waals surface area (Å²) in [5.74, 6) is 2.41. The molecule has 1 heterocycles. The summed E-state index contributed by atoms with van der Waals surface area (Å²) in [4.78, 5) is 4.50. The van der Waals surface area contributed by atoms with Gasteiger partial charge in [0.15, 0.2) is 0 Å². The SMILES string of the molecule is CCOc1cccc(NCC2(CC(C)C)CCCC2)n1. The Labute approximate surface area is 123 Å². The van der Waals surface area contributed by atoms with Crippen LogP contribution in [0.25, 0.3) is 0 Å². The summed E-state index contributed by atoms with van der Waals surface area (Å²) in [6.45, 7) is 8.33. The molecule has 0 bridgehead atoms. The summed E-state index contributed by atoms with van der Waals surface area (Å²) < 4.78 is 5.46. The largest absolute Gasteiger partial charge is 0.478 e. The van der Waals surface area contributed by atoms with Crippen LogP contribution in [0, 0.1) is 11.3 Å². The second-order valence-corrected chi connectivity index (χ2v) is 6.45. The lowest BCUT2D eigenvalue weighted by Crippen LogP contribution is -2.28. The fourth-order valence-electron chi connectivity index (χ4n) is 3.46. The van der Waals surface area contributed by atoms with Crippen LogP contribution in [0.2, 0.25) is 0 Å². The molecule has 1 aromatic rings. The van der Waals surface area contributed by atoms with Crippen LogP contribution in [0.5, 0.6) is 5.88 Å². The van der Waals surface area contributed by atoms with Crippen LogP contribution in [-0.2, 0) is 0 Å². The molecule has 0 atom stereocenters. The van der Waals surface area contributed by atoms with Crippen molar-refractivity contribution in [2.75, 3.05) is 18.5 Å². The van der Waals surface area contributed by atoms with E-state index in [4.69, 9.17) is 4.74 Å². The Kier molecular flexibility index (Phi) is 5.27. The molecule has 0 unspecified atom stereocenters. The number of nitrogens with zero attached hydrogens (tertiary/aromatic N) is 1. The van der Waals surface area contributed by atoms with Crippen molar-refractivity contribution in [2.45, 2.75) is 52.9 Å². The molecule has 3 nitrogen and oxygen atoms in total. The van der Waals surface area contributed by atoms with E-state index in [0.29, 0.717) is 17.9 Å². The van der Waals surface area contributed by atoms with Gasteiger partial charge in [0.2, 0.25) is 5.88 Å². The Hall–Kier alpha value is -1.25. The topological polar surface area (TPSA) is 34.1 Å². The van der Waals surface area contributed by atoms with Gasteiger partial charge in [-0.1, -0.05) is 32.8 Å². The molecule has 0 spiro atoms. The van der Waals surface area contributed by atoms with Gasteiger partial charge >= 0.3 is 0 Å². The first kappa shape index (κ1) is 15.1. The molecule has 20 heavy (non-hydrogen) atoms. The van der Waals surface area contributed by atoms with Crippen molar-refractivity contribution in [3.63, 3.8) is 0 Å². The standard InChI is InChI=1S/C17H28N2O/c1-4-20-16-9-7-8-15(19-16)18-13-17(12-14(2)3)10-5-6-11-17/h7-9,14H,4-6,10-13H2,1-3H3,(H,18,19). The molecule has 1 fully saturated rings. The van der Waals surface area contributed by atoms with Crippen molar-refractivity contribution in [1.29, 1.82) is 0 Å². The molecule has 0 aliphatic heterocycles. The lowest BCUT2D eigenvalue weighted by Gasteiger charge is -2.31. The van der Waals surface area contributed by atoms with Crippen LogP contribution in [0.15, 0.2) is 18.2 Å². The van der Waals surface area contributed by atoms with E-state index in [1.54, 1.807) is 0 Å². The van der Waals surface area contributed by atoms with Crippen LogP contribution in [0.4, 0.5) is 5.82 Å². The van der Waals surface area contributed by atoms with Gasteiger partial charge in [0.1, 0.15) is 5.82 Å². The first-order chi connectivity index (χ1) is 9.63. The fourth-order valence-corrected chi connectivity index (χ4v) is 3.46. The third-order valence-electron chi connectivity index (χ3n) is 4.17. The number of rotatable bonds is 7. The Bertz CT molecular complexity index is 411. The highest BCUT2D eigenvalue weighted by molar-refractivity contribution is 5.37. The van der Waals surface area contributed by atoms with Crippen molar-refractivity contribution in [1.82, 2.24) is 4.98 Å². The van der Waals surface area contributed by atoms with E-state index in [-0.39, 0.29) is 0 Å². The van der Waals surface area contributed by atoms with Gasteiger partial charge in [-0.3, -0.25) is 0 Å². The summed E-state index contributed by atoms with van der Waals surface area (Å²) in [7, 11) is 0. The van der Waals surface area contributed by atoms with E-state index in [2.05, 4.69) is 24.1 Å². The van der Waals surface area contributed by atoms with Gasteiger partial charge in [-0.15, -0.1) is 0 Å². The van der Waals surface area contributed by atoms with Crippen molar-refractivity contribution < 1.29 is 4.74 Å². The van der Waals surface area contributed by atoms with E-state index in [1.165, 1.54) is 32.1 Å². The van der Waals surface area contributed by atoms with Crippen LogP contribution >= 0.6 is 0 Å². The highest BCUT2D eigenvalue weighted by Crippen LogP contribution is 2.43. The van der Waals surface area contributed by atoms with Crippen LogP contribution in [0.1, 0.15) is 52.9 Å². The van der Waals surface area contributed by atoms with Gasteiger partial charge in [-0.2, -0.15) is 4.98 Å². The molecule has 3 heteroatoms. The zero-order valence-corrected chi connectivity index (χ0v) is 13.1. The molecule has 0 aromatic carbocycles. The number of aromatic nitrogens is 1. The van der Waals surface area contributed by atoms with Gasteiger partial charge in [-0.25, -0.2) is 0 Å². The molecule has 1 saturated carbocycles. The van der Waals surface area contributed by atoms with E-state index in [1.807, 2.05) is 25.1 Å². The Balaban J connectivity index is 1.97. The summed E-state index contributed by atoms with van der Waals surface area (Å²) in [6, 6.07) is 5.94. The van der Waals surface area contributed by atoms with Crippen LogP contribution < -0.4 is 10.1 Å². The molecule has 1 N–H and O–H groups in total. The normalized spacial score (nSPS) is 17.4. The maximum Gasteiger partial charge on any atom is 0.215 e. The second-order valence-electron chi connectivity index (χ2n) is 6.45. The number of hydrogen-bond acceptors (Lipinski definition) is 3. The minimum absolute atomic E-state index is 0.470. The molecule has 1 aliphatic carbocycles. The van der Waals surface area contributed by atoms with E-state index < -0.39 is 0 Å². The van der Waals surface area contributed by atoms with E-state index in [9.17, 15) is 0 Å². The molecule has 0 radical (unpaired) electrons. The second kappa shape index (κ2) is 6.96. The zero-order chi connectivity index (χ0) is 14.4. The Morgan fingerprint density at radius 3 is 2.70 bits per heavy atom. The Morgan fingerprint density at radius 2 is 2.05 bits per heavy atom. The predicted molar refractivity (Wildman–Crippen MR) is 84.3 cm³/mol. The summed E-state index contributed by atoms with van der Waals surface area (Å²) in [5.41, 5.74) is 0.470. The maximum atomic E-state index is 5.46. The lowest BCUT2D eigenvalue weighted by atomic mass is 9.78. The monoisotopic (exact) mass is 276 g/mol. The van der Waals surface area contributed by atoms with Crippen LogP contribution in [-0.4, -0.2) is 18.1 Å². The lowest BCUT2D eigenvalue weighted by molar-refractivity contribution is 0.252. The van der Waals surface area contributed by atoms with Crippen molar-refractivity contribution >= 4 is 5.82 Å². The maximum absolute atomic E-state index is 5.46. The zero-order valence-electron chi connectivity index (χ0n) is 13.1. The van der Waals surface area contributed by atoms with E-state index >= 15 is 0 Å². The van der Waals surface area contributed by atoms with Gasteiger partial charge in [0.25, 0.3) is 0 Å². The van der Waals surface area contributed by atoms with Gasteiger partial charge < -0.3 is 10.1 Å². The van der Waals surface area contributed by atoms with Crippen molar-refractivity contribution in [2.24, 2.45) is 11.3 Å². The fraction of sp³-hybridized carbons (Fsp3) is 0.706. The number of ether oxygens (including phenoxy) is 1. The molecule has 0 saturated heterocycles. The average molecular weight is 276 g/mol. The highest BCUT2D eigenvalue weighted by atomic mass is 16.5. The Morgan fingerprint density at radius 1 is 1.30 bits per heavy atom. The predicted octanol–water partition coefficient (Wildman–Crippen LogP) is 4.50. The van der Waals surface area contributed by atoms with Gasteiger partial charge in [0.05, 0.1) is 6.61 Å². The minimum atomic E-state index is 0.470. The minimum Gasteiger partial charge on any atom is -0.478 e. The van der Waals surface area contributed by atoms with Crippen molar-refractivity contribution in [3.05, 3.63) is 18.2 Å². The third kappa shape index (κ3) is 4.12. The molecule has 1 aliphatic rings. The van der Waals surface area contributed by atoms with Crippen molar-refractivity contribution in [3.8, 4) is 5.88 Å². The number of pyridine rings is 1. The first-order valence-corrected chi connectivity index (χ1v) is 7.97. The number of hydrogen-bond donors (Lipinski definition) is 1. The van der Waals surface area contributed by atoms with Gasteiger partial charge in [-0.05, 0) is 43.6 Å². The summed E-state index contributed by atoms with van der Waals surface area (Å²) in [5, 5.41) is 3.54. The quantitative estimate of drug-likeness (QED) is 0.796. The molecule has 0 amide bonds. The third-order valence-corrected chi connectivity index (χ3v) is 4.17. The molecule has 2 rings (SSSR count). The summed E-state index contributed by atoms with van der Waals surface area (Å²) in [6.07, 6.45) is 6.76. The highest BCUT2D eigenvalue weighted by Gasteiger charge is 2.34. The molecule has 112 valence electrons. The first-order valence-electron chi connectivity index (χ1n) is 7.97. The summed E-state index contributed by atoms with van der Waals surface area (Å²) >= 11 is 0. The molecular formula is C17H28N2O. The molecular weight excluding hydrogens is 248 g/mol. The van der Waals surface area contributed by atoms with Crippen LogP contribution in [0.3, 0.4) is 0 Å². The number of anilines is 1.